The van der Waals surface area contributed by atoms with Crippen molar-refractivity contribution in [2.45, 2.75) is 13.8 Å². The summed E-state index contributed by atoms with van der Waals surface area (Å²) in [6.07, 6.45) is 0. The molecule has 3 heteroatoms. The van der Waals surface area contributed by atoms with E-state index in [4.69, 9.17) is 0 Å². The molecule has 0 aromatic heterocycles. The minimum Gasteiger partial charge on any atom is -0.114 e. The zero-order valence-corrected chi connectivity index (χ0v) is 9.19. The summed E-state index contributed by atoms with van der Waals surface area (Å²) >= 11 is 4.83. The van der Waals surface area contributed by atoms with Crippen molar-refractivity contribution in [1.29, 1.82) is 0 Å². The number of halogens is 2. The predicted molar refractivity (Wildman–Crippen MR) is 47.9 cm³/mol. The molecular formula is C2H8I2Si. The first-order chi connectivity index (χ1) is 2.41. The fourth-order valence-electron chi connectivity index (χ4n) is 0. The van der Waals surface area contributed by atoms with Crippen molar-refractivity contribution in [3.8, 4) is 0 Å². The SMILES string of the molecule is CC.I[SiH2]I. The lowest BCUT2D eigenvalue weighted by atomic mass is 11.0. The van der Waals surface area contributed by atoms with Crippen LogP contribution in [-0.2, 0) is 0 Å². The first kappa shape index (κ1) is 9.84. The van der Waals surface area contributed by atoms with E-state index in [0.29, 0.717) is 4.51 Å². The summed E-state index contributed by atoms with van der Waals surface area (Å²) in [6, 6.07) is 0. The highest BCUT2D eigenvalue weighted by molar-refractivity contribution is 14.3. The Bertz CT molecular complexity index is 7.61. The molecule has 0 rings (SSSR count). The second kappa shape index (κ2) is 17.3. The van der Waals surface area contributed by atoms with Gasteiger partial charge in [0, 0.05) is 0 Å². The zero-order chi connectivity index (χ0) is 4.71. The molecule has 34 valence electrons. The molecule has 0 radical (unpaired) electrons. The molecule has 0 saturated carbocycles. The van der Waals surface area contributed by atoms with Crippen molar-refractivity contribution in [2.75, 3.05) is 0 Å². The Balaban J connectivity index is 0. The molecule has 0 heterocycles. The second-order valence-electron chi connectivity index (χ2n) is 0.101. The van der Waals surface area contributed by atoms with Crippen molar-refractivity contribution < 1.29 is 0 Å². The maximum atomic E-state index is 2.41. The molecule has 0 aromatic rings. The van der Waals surface area contributed by atoms with Crippen LogP contribution in [0.5, 0.6) is 0 Å². The van der Waals surface area contributed by atoms with Crippen LogP contribution < -0.4 is 0 Å². The van der Waals surface area contributed by atoms with E-state index in [-0.39, 0.29) is 0 Å². The van der Waals surface area contributed by atoms with Gasteiger partial charge in [-0.3, -0.25) is 0 Å². The molecule has 0 aliphatic rings. The summed E-state index contributed by atoms with van der Waals surface area (Å²) < 4.78 is 0.357. The van der Waals surface area contributed by atoms with Gasteiger partial charge in [-0.05, 0) is 0 Å². The summed E-state index contributed by atoms with van der Waals surface area (Å²) in [4.78, 5) is 0. The van der Waals surface area contributed by atoms with Gasteiger partial charge in [0.15, 0.2) is 4.51 Å². The molecule has 0 saturated heterocycles. The van der Waals surface area contributed by atoms with Crippen LogP contribution in [-0.4, -0.2) is 4.51 Å². The third-order valence-corrected chi connectivity index (χ3v) is 0. The van der Waals surface area contributed by atoms with Crippen LogP contribution in [0.1, 0.15) is 13.8 Å². The average molecular weight is 314 g/mol. The summed E-state index contributed by atoms with van der Waals surface area (Å²) in [7, 11) is 0. The monoisotopic (exact) mass is 314 g/mol. The van der Waals surface area contributed by atoms with E-state index in [1.54, 1.807) is 0 Å². The third kappa shape index (κ3) is 27.3. The van der Waals surface area contributed by atoms with Gasteiger partial charge in [0.1, 0.15) is 0 Å². The third-order valence-electron chi connectivity index (χ3n) is 0. The quantitative estimate of drug-likeness (QED) is 0.364. The number of hydrogen-bond donors (Lipinski definition) is 0. The zero-order valence-electron chi connectivity index (χ0n) is 3.46. The average Bonchev–Trinajstić information content (AvgIpc) is 1.46. The number of rotatable bonds is 0. The standard InChI is InChI=1S/C2H6.H2I2Si/c1-2;1-3-2/h1-2H3;3H2. The van der Waals surface area contributed by atoms with Crippen LogP contribution >= 0.6 is 43.6 Å². The summed E-state index contributed by atoms with van der Waals surface area (Å²) in [5, 5.41) is 0. The molecule has 0 aliphatic carbocycles. The molecule has 0 aromatic carbocycles. The van der Waals surface area contributed by atoms with Gasteiger partial charge in [-0.2, -0.15) is 0 Å². The molecule has 0 nitrogen and oxygen atoms in total. The van der Waals surface area contributed by atoms with Gasteiger partial charge in [-0.25, -0.2) is 0 Å². The molecule has 5 heavy (non-hydrogen) atoms. The Hall–Kier alpha value is 1.68. The molecule has 0 aliphatic heterocycles. The predicted octanol–water partition coefficient (Wildman–Crippen LogP) is 1.88. The van der Waals surface area contributed by atoms with Gasteiger partial charge >= 0.3 is 0 Å². The van der Waals surface area contributed by atoms with Crippen molar-refractivity contribution in [3.63, 3.8) is 0 Å². The van der Waals surface area contributed by atoms with Gasteiger partial charge in [-0.15, -0.1) is 43.6 Å². The van der Waals surface area contributed by atoms with E-state index in [1.807, 2.05) is 13.8 Å². The normalized spacial score (nSPS) is 4.80. The van der Waals surface area contributed by atoms with E-state index in [9.17, 15) is 0 Å². The van der Waals surface area contributed by atoms with Gasteiger partial charge in [-0.1, -0.05) is 13.8 Å². The Morgan fingerprint density at radius 2 is 1.20 bits per heavy atom. The van der Waals surface area contributed by atoms with E-state index >= 15 is 0 Å². The lowest BCUT2D eigenvalue weighted by Gasteiger charge is -1.40. The second-order valence-corrected chi connectivity index (χ2v) is 13.6. The van der Waals surface area contributed by atoms with E-state index in [2.05, 4.69) is 43.6 Å². The summed E-state index contributed by atoms with van der Waals surface area (Å²) in [6.45, 7) is 4.00. The van der Waals surface area contributed by atoms with Crippen molar-refractivity contribution in [2.24, 2.45) is 0 Å². The minimum absolute atomic E-state index is 0.357. The molecule has 0 fully saturated rings. The highest BCUT2D eigenvalue weighted by atomic mass is 127. The van der Waals surface area contributed by atoms with Crippen LogP contribution in [0.25, 0.3) is 0 Å². The lowest BCUT2D eigenvalue weighted by Crippen LogP contribution is -1.30. The van der Waals surface area contributed by atoms with Gasteiger partial charge in [0.2, 0.25) is 0 Å². The van der Waals surface area contributed by atoms with E-state index in [0.717, 1.165) is 0 Å². The van der Waals surface area contributed by atoms with Crippen molar-refractivity contribution in [3.05, 3.63) is 0 Å². The Kier molecular flexibility index (Phi) is 34.1. The first-order valence-electron chi connectivity index (χ1n) is 1.53. The highest BCUT2D eigenvalue weighted by Crippen LogP contribution is 1.80. The van der Waals surface area contributed by atoms with Crippen molar-refractivity contribution in [1.82, 2.24) is 0 Å². The van der Waals surface area contributed by atoms with Crippen LogP contribution in [0.2, 0.25) is 0 Å². The molecule has 0 N–H and O–H groups in total. The molecule has 0 atom stereocenters. The first-order valence-corrected chi connectivity index (χ1v) is 11.8. The summed E-state index contributed by atoms with van der Waals surface area (Å²) in [5.74, 6) is 0. The Morgan fingerprint density at radius 1 is 1.20 bits per heavy atom. The van der Waals surface area contributed by atoms with Crippen LogP contribution in [0, 0.1) is 0 Å². The fourth-order valence-corrected chi connectivity index (χ4v) is 0. The van der Waals surface area contributed by atoms with Crippen LogP contribution in [0.4, 0.5) is 0 Å². The maximum absolute atomic E-state index is 2.41. The minimum atomic E-state index is 0.357. The highest BCUT2D eigenvalue weighted by Gasteiger charge is 1.45. The van der Waals surface area contributed by atoms with Gasteiger partial charge in [0.05, 0.1) is 0 Å². The summed E-state index contributed by atoms with van der Waals surface area (Å²) in [5.41, 5.74) is 0. The Morgan fingerprint density at radius 3 is 1.20 bits per heavy atom. The van der Waals surface area contributed by atoms with Crippen molar-refractivity contribution >= 4 is 48.1 Å². The smallest absolute Gasteiger partial charge is 0.114 e. The van der Waals surface area contributed by atoms with E-state index < -0.39 is 0 Å². The molecule has 0 amide bonds. The van der Waals surface area contributed by atoms with Gasteiger partial charge < -0.3 is 0 Å². The maximum Gasteiger partial charge on any atom is 0.162 e. The molecule has 0 spiro atoms. The van der Waals surface area contributed by atoms with Gasteiger partial charge in [0.25, 0.3) is 0 Å². The van der Waals surface area contributed by atoms with E-state index in [1.165, 1.54) is 0 Å². The molecular weight excluding hydrogens is 306 g/mol. The lowest BCUT2D eigenvalue weighted by molar-refractivity contribution is 1.50. The largest absolute Gasteiger partial charge is 0.162 e. The Labute approximate surface area is 61.4 Å². The van der Waals surface area contributed by atoms with Crippen LogP contribution in [0.15, 0.2) is 0 Å². The molecule has 0 bridgehead atoms. The van der Waals surface area contributed by atoms with Crippen LogP contribution in [0.3, 0.4) is 0 Å². The fraction of sp³-hybridized carbons (Fsp3) is 1.00. The topological polar surface area (TPSA) is 0 Å². The number of hydrogen-bond acceptors (Lipinski definition) is 0. The molecule has 0 unspecified atom stereocenters.